The summed E-state index contributed by atoms with van der Waals surface area (Å²) in [6.07, 6.45) is -0.662. The van der Waals surface area contributed by atoms with Crippen LogP contribution < -0.4 is 5.73 Å². The molecule has 2 aromatic rings. The zero-order valence-electron chi connectivity index (χ0n) is 12.0. The summed E-state index contributed by atoms with van der Waals surface area (Å²) in [5.41, 5.74) is 7.54. The van der Waals surface area contributed by atoms with Crippen LogP contribution in [0.15, 0.2) is 36.4 Å². The van der Waals surface area contributed by atoms with Crippen molar-refractivity contribution in [2.45, 2.75) is 6.10 Å². The van der Waals surface area contributed by atoms with Crippen molar-refractivity contribution in [1.82, 2.24) is 4.90 Å². The van der Waals surface area contributed by atoms with Gasteiger partial charge in [0.05, 0.1) is 13.2 Å². The molecule has 0 fully saturated rings. The molecule has 0 amide bonds. The van der Waals surface area contributed by atoms with Crippen LogP contribution in [0.4, 0.5) is 5.69 Å². The van der Waals surface area contributed by atoms with Gasteiger partial charge < -0.3 is 20.5 Å². The second-order valence-electron chi connectivity index (χ2n) is 5.19. The Bertz CT molecular complexity index is 564. The zero-order valence-corrected chi connectivity index (χ0v) is 12.0. The monoisotopic (exact) mass is 274 g/mol. The quantitative estimate of drug-likeness (QED) is 0.625. The number of benzene rings is 2. The fourth-order valence-electron chi connectivity index (χ4n) is 2.21. The Morgan fingerprint density at radius 3 is 2.60 bits per heavy atom. The van der Waals surface area contributed by atoms with Crippen molar-refractivity contribution >= 4 is 16.5 Å². The minimum atomic E-state index is -0.662. The van der Waals surface area contributed by atoms with Gasteiger partial charge in [0.1, 0.15) is 6.10 Å². The topological polar surface area (TPSA) is 58.7 Å². The summed E-state index contributed by atoms with van der Waals surface area (Å²) in [5, 5.41) is 12.3. The lowest BCUT2D eigenvalue weighted by atomic mass is 9.99. The summed E-state index contributed by atoms with van der Waals surface area (Å²) in [6, 6.07) is 11.6. The first-order valence-corrected chi connectivity index (χ1v) is 6.77. The molecule has 4 heteroatoms. The third-order valence-corrected chi connectivity index (χ3v) is 3.29. The van der Waals surface area contributed by atoms with Gasteiger partial charge in [-0.25, -0.2) is 0 Å². The van der Waals surface area contributed by atoms with Crippen molar-refractivity contribution in [1.29, 1.82) is 0 Å². The van der Waals surface area contributed by atoms with E-state index in [0.29, 0.717) is 12.3 Å². The van der Waals surface area contributed by atoms with E-state index in [0.717, 1.165) is 22.9 Å². The standard InChI is InChI=1S/C16H22N2O2/c1-18(2)9-10-20-11-15(19)13-7-3-5-12-6-4-8-14(17)16(12)13/h3-8,15,19H,9-11,17H2,1-2H3. The highest BCUT2D eigenvalue weighted by Crippen LogP contribution is 2.29. The number of nitrogens with zero attached hydrogens (tertiary/aromatic N) is 1. The number of anilines is 1. The van der Waals surface area contributed by atoms with E-state index in [9.17, 15) is 5.11 Å². The fraction of sp³-hybridized carbons (Fsp3) is 0.375. The number of nitrogens with two attached hydrogens (primary N) is 1. The number of hydrogen-bond acceptors (Lipinski definition) is 4. The Labute approximate surface area is 119 Å². The van der Waals surface area contributed by atoms with E-state index < -0.39 is 6.10 Å². The molecule has 108 valence electrons. The maximum Gasteiger partial charge on any atom is 0.103 e. The molecular formula is C16H22N2O2. The molecule has 0 aliphatic rings. The Balaban J connectivity index is 2.12. The van der Waals surface area contributed by atoms with Crippen LogP contribution in [0.1, 0.15) is 11.7 Å². The van der Waals surface area contributed by atoms with E-state index in [1.807, 2.05) is 55.4 Å². The normalized spacial score (nSPS) is 13.0. The molecule has 2 rings (SSSR count). The van der Waals surface area contributed by atoms with Crippen molar-refractivity contribution in [3.63, 3.8) is 0 Å². The molecule has 0 aliphatic heterocycles. The van der Waals surface area contributed by atoms with Crippen molar-refractivity contribution in [3.8, 4) is 0 Å². The van der Waals surface area contributed by atoms with Crippen molar-refractivity contribution in [2.24, 2.45) is 0 Å². The number of hydrogen-bond donors (Lipinski definition) is 2. The molecule has 1 unspecified atom stereocenters. The van der Waals surface area contributed by atoms with Gasteiger partial charge in [0.25, 0.3) is 0 Å². The summed E-state index contributed by atoms with van der Waals surface area (Å²) < 4.78 is 5.52. The van der Waals surface area contributed by atoms with Crippen LogP contribution >= 0.6 is 0 Å². The van der Waals surface area contributed by atoms with Gasteiger partial charge in [0.2, 0.25) is 0 Å². The zero-order chi connectivity index (χ0) is 14.5. The second-order valence-corrected chi connectivity index (χ2v) is 5.19. The van der Waals surface area contributed by atoms with Crippen molar-refractivity contribution in [2.75, 3.05) is 39.6 Å². The maximum atomic E-state index is 10.3. The number of ether oxygens (including phenoxy) is 1. The Morgan fingerprint density at radius 1 is 1.20 bits per heavy atom. The molecule has 0 saturated heterocycles. The predicted octanol–water partition coefficient (Wildman–Crippen LogP) is 2.03. The van der Waals surface area contributed by atoms with Gasteiger partial charge in [-0.05, 0) is 31.1 Å². The largest absolute Gasteiger partial charge is 0.398 e. The smallest absolute Gasteiger partial charge is 0.103 e. The van der Waals surface area contributed by atoms with Gasteiger partial charge in [-0.3, -0.25) is 0 Å². The lowest BCUT2D eigenvalue weighted by molar-refractivity contribution is 0.0313. The molecule has 4 nitrogen and oxygen atoms in total. The number of rotatable bonds is 6. The van der Waals surface area contributed by atoms with E-state index in [1.54, 1.807) is 0 Å². The van der Waals surface area contributed by atoms with E-state index >= 15 is 0 Å². The first kappa shape index (κ1) is 14.8. The van der Waals surface area contributed by atoms with Gasteiger partial charge in [-0.15, -0.1) is 0 Å². The SMILES string of the molecule is CN(C)CCOCC(O)c1cccc2cccc(N)c12. The molecule has 0 bridgehead atoms. The first-order valence-electron chi connectivity index (χ1n) is 6.77. The maximum absolute atomic E-state index is 10.3. The average molecular weight is 274 g/mol. The number of likely N-dealkylation sites (N-methyl/N-ethyl adjacent to an activating group) is 1. The summed E-state index contributed by atoms with van der Waals surface area (Å²) in [7, 11) is 3.98. The van der Waals surface area contributed by atoms with Gasteiger partial charge in [0, 0.05) is 17.6 Å². The molecule has 0 radical (unpaired) electrons. The van der Waals surface area contributed by atoms with Crippen LogP contribution in [0.25, 0.3) is 10.8 Å². The van der Waals surface area contributed by atoms with Crippen LogP contribution in [0.2, 0.25) is 0 Å². The number of nitrogen functional groups attached to an aromatic ring is 1. The summed E-state index contributed by atoms with van der Waals surface area (Å²) >= 11 is 0. The summed E-state index contributed by atoms with van der Waals surface area (Å²) in [4.78, 5) is 2.04. The van der Waals surface area contributed by atoms with Gasteiger partial charge in [0.15, 0.2) is 0 Å². The molecule has 0 spiro atoms. The Morgan fingerprint density at radius 2 is 1.90 bits per heavy atom. The van der Waals surface area contributed by atoms with Crippen molar-refractivity contribution < 1.29 is 9.84 Å². The number of aliphatic hydroxyl groups is 1. The van der Waals surface area contributed by atoms with Crippen LogP contribution in [-0.4, -0.2) is 43.9 Å². The van der Waals surface area contributed by atoms with Gasteiger partial charge in [-0.2, -0.15) is 0 Å². The van der Waals surface area contributed by atoms with Crippen LogP contribution in [0.3, 0.4) is 0 Å². The molecule has 3 N–H and O–H groups in total. The third kappa shape index (κ3) is 3.48. The average Bonchev–Trinajstić information content (AvgIpc) is 2.43. The van der Waals surface area contributed by atoms with E-state index in [4.69, 9.17) is 10.5 Å². The van der Waals surface area contributed by atoms with Gasteiger partial charge in [-0.1, -0.05) is 30.3 Å². The second kappa shape index (κ2) is 6.70. The van der Waals surface area contributed by atoms with Gasteiger partial charge >= 0.3 is 0 Å². The highest BCUT2D eigenvalue weighted by molar-refractivity contribution is 5.95. The number of aliphatic hydroxyl groups excluding tert-OH is 1. The number of fused-ring (bicyclic) bond motifs is 1. The van der Waals surface area contributed by atoms with Crippen LogP contribution in [-0.2, 0) is 4.74 Å². The predicted molar refractivity (Wildman–Crippen MR) is 82.7 cm³/mol. The third-order valence-electron chi connectivity index (χ3n) is 3.29. The van der Waals surface area contributed by atoms with E-state index in [-0.39, 0.29) is 6.61 Å². The first-order chi connectivity index (χ1) is 9.59. The molecule has 0 aliphatic carbocycles. The van der Waals surface area contributed by atoms with E-state index in [2.05, 4.69) is 0 Å². The Kier molecular flexibility index (Phi) is 4.95. The molecule has 0 heterocycles. The van der Waals surface area contributed by atoms with Crippen LogP contribution in [0.5, 0.6) is 0 Å². The summed E-state index contributed by atoms with van der Waals surface area (Å²) in [5.74, 6) is 0. The lowest BCUT2D eigenvalue weighted by Gasteiger charge is -2.16. The van der Waals surface area contributed by atoms with Crippen LogP contribution in [0, 0.1) is 0 Å². The minimum Gasteiger partial charge on any atom is -0.398 e. The minimum absolute atomic E-state index is 0.279. The fourth-order valence-corrected chi connectivity index (χ4v) is 2.21. The Hall–Kier alpha value is -1.62. The highest BCUT2D eigenvalue weighted by atomic mass is 16.5. The molecule has 0 aromatic heterocycles. The van der Waals surface area contributed by atoms with Crippen molar-refractivity contribution in [3.05, 3.63) is 42.0 Å². The molecule has 2 aromatic carbocycles. The lowest BCUT2D eigenvalue weighted by Crippen LogP contribution is -2.19. The molecular weight excluding hydrogens is 252 g/mol. The molecule has 1 atom stereocenters. The highest BCUT2D eigenvalue weighted by Gasteiger charge is 2.13. The summed E-state index contributed by atoms with van der Waals surface area (Å²) in [6.45, 7) is 1.72. The molecule has 20 heavy (non-hydrogen) atoms. The van der Waals surface area contributed by atoms with E-state index in [1.165, 1.54) is 0 Å². The molecule has 0 saturated carbocycles.